The van der Waals surface area contributed by atoms with Gasteiger partial charge in [-0.15, -0.1) is 0 Å². The van der Waals surface area contributed by atoms with Gasteiger partial charge in [0.2, 0.25) is 15.9 Å². The van der Waals surface area contributed by atoms with Crippen molar-refractivity contribution < 1.29 is 18.3 Å². The summed E-state index contributed by atoms with van der Waals surface area (Å²) in [6.07, 6.45) is 4.49. The Morgan fingerprint density at radius 1 is 1.21 bits per heavy atom. The van der Waals surface area contributed by atoms with Crippen LogP contribution in [0.2, 0.25) is 5.02 Å². The second-order valence-corrected chi connectivity index (χ2v) is 8.20. The quantitative estimate of drug-likeness (QED) is 0.761. The molecule has 0 aliphatic heterocycles. The van der Waals surface area contributed by atoms with Crippen molar-refractivity contribution in [1.29, 1.82) is 0 Å². The van der Waals surface area contributed by atoms with Crippen LogP contribution in [0, 0.1) is 0 Å². The SMILES string of the molecule is O=C(CN(C1CCCCC1)S(=O)(=O)c1ccc(Cl)cc1)NCCO. The fraction of sp³-hybridized carbons (Fsp3) is 0.562. The maximum absolute atomic E-state index is 13.0. The normalized spacial score (nSPS) is 16.3. The van der Waals surface area contributed by atoms with Crippen molar-refractivity contribution in [1.82, 2.24) is 9.62 Å². The summed E-state index contributed by atoms with van der Waals surface area (Å²) in [7, 11) is -3.79. The van der Waals surface area contributed by atoms with Crippen molar-refractivity contribution in [3.63, 3.8) is 0 Å². The third-order valence-electron chi connectivity index (χ3n) is 4.14. The Bertz CT molecular complexity index is 643. The minimum atomic E-state index is -3.79. The number of aliphatic hydroxyl groups is 1. The fourth-order valence-corrected chi connectivity index (χ4v) is 4.68. The lowest BCUT2D eigenvalue weighted by Crippen LogP contribution is -2.47. The van der Waals surface area contributed by atoms with E-state index in [1.165, 1.54) is 28.6 Å². The lowest BCUT2D eigenvalue weighted by molar-refractivity contribution is -0.121. The van der Waals surface area contributed by atoms with E-state index in [4.69, 9.17) is 16.7 Å². The number of hydrogen-bond acceptors (Lipinski definition) is 4. The van der Waals surface area contributed by atoms with E-state index in [0.29, 0.717) is 5.02 Å². The van der Waals surface area contributed by atoms with Crippen LogP contribution in [0.4, 0.5) is 0 Å². The zero-order chi connectivity index (χ0) is 17.6. The van der Waals surface area contributed by atoms with Gasteiger partial charge in [0, 0.05) is 17.6 Å². The second kappa shape index (κ2) is 8.80. The molecule has 1 saturated carbocycles. The highest BCUT2D eigenvalue weighted by molar-refractivity contribution is 7.89. The van der Waals surface area contributed by atoms with Crippen LogP contribution < -0.4 is 5.32 Å². The maximum atomic E-state index is 13.0. The van der Waals surface area contributed by atoms with Gasteiger partial charge in [0.15, 0.2) is 0 Å². The summed E-state index contributed by atoms with van der Waals surface area (Å²) in [6.45, 7) is -0.312. The van der Waals surface area contributed by atoms with Crippen molar-refractivity contribution in [2.24, 2.45) is 0 Å². The molecule has 2 rings (SSSR count). The molecule has 24 heavy (non-hydrogen) atoms. The maximum Gasteiger partial charge on any atom is 0.243 e. The molecule has 0 radical (unpaired) electrons. The number of carbonyl (C=O) groups excluding carboxylic acids is 1. The van der Waals surface area contributed by atoms with Gasteiger partial charge < -0.3 is 10.4 Å². The van der Waals surface area contributed by atoms with E-state index in [1.807, 2.05) is 0 Å². The molecule has 0 bridgehead atoms. The Balaban J connectivity index is 2.25. The van der Waals surface area contributed by atoms with Gasteiger partial charge in [-0.05, 0) is 37.1 Å². The molecule has 1 aliphatic carbocycles. The summed E-state index contributed by atoms with van der Waals surface area (Å²) in [5.41, 5.74) is 0. The first-order valence-electron chi connectivity index (χ1n) is 8.10. The molecule has 1 fully saturated rings. The van der Waals surface area contributed by atoms with Gasteiger partial charge in [-0.3, -0.25) is 4.79 Å². The highest BCUT2D eigenvalue weighted by atomic mass is 35.5. The van der Waals surface area contributed by atoms with Gasteiger partial charge in [-0.2, -0.15) is 4.31 Å². The predicted molar refractivity (Wildman–Crippen MR) is 92.3 cm³/mol. The minimum absolute atomic E-state index is 0.109. The molecule has 1 aromatic rings. The summed E-state index contributed by atoms with van der Waals surface area (Å²) < 4.78 is 27.3. The van der Waals surface area contributed by atoms with E-state index >= 15 is 0 Å². The molecule has 0 saturated heterocycles. The zero-order valence-corrected chi connectivity index (χ0v) is 15.0. The Labute approximate surface area is 147 Å². The van der Waals surface area contributed by atoms with E-state index in [-0.39, 0.29) is 30.6 Å². The van der Waals surface area contributed by atoms with Crippen LogP contribution in [0.3, 0.4) is 0 Å². The van der Waals surface area contributed by atoms with Crippen LogP contribution in [-0.4, -0.2) is 49.5 Å². The topological polar surface area (TPSA) is 86.7 Å². The summed E-state index contributed by atoms with van der Waals surface area (Å²) in [5, 5.41) is 11.8. The molecule has 1 aliphatic rings. The number of halogens is 1. The van der Waals surface area contributed by atoms with Crippen molar-refractivity contribution in [2.45, 2.75) is 43.0 Å². The first kappa shape index (κ1) is 19.2. The smallest absolute Gasteiger partial charge is 0.243 e. The number of rotatable bonds is 7. The molecule has 134 valence electrons. The molecule has 8 heteroatoms. The number of aliphatic hydroxyl groups excluding tert-OH is 1. The highest BCUT2D eigenvalue weighted by Gasteiger charge is 2.33. The van der Waals surface area contributed by atoms with E-state index < -0.39 is 15.9 Å². The largest absolute Gasteiger partial charge is 0.395 e. The number of benzene rings is 1. The van der Waals surface area contributed by atoms with Gasteiger partial charge >= 0.3 is 0 Å². The van der Waals surface area contributed by atoms with E-state index in [0.717, 1.165) is 32.1 Å². The first-order chi connectivity index (χ1) is 11.4. The van der Waals surface area contributed by atoms with E-state index in [9.17, 15) is 13.2 Å². The van der Waals surface area contributed by atoms with Crippen LogP contribution in [0.1, 0.15) is 32.1 Å². The Kier molecular flexibility index (Phi) is 7.03. The number of nitrogens with zero attached hydrogens (tertiary/aromatic N) is 1. The lowest BCUT2D eigenvalue weighted by atomic mass is 9.95. The molecule has 2 N–H and O–H groups in total. The highest BCUT2D eigenvalue weighted by Crippen LogP contribution is 2.28. The third-order valence-corrected chi connectivity index (χ3v) is 6.30. The second-order valence-electron chi connectivity index (χ2n) is 5.87. The lowest BCUT2D eigenvalue weighted by Gasteiger charge is -2.33. The molecular weight excluding hydrogens is 352 g/mol. The van der Waals surface area contributed by atoms with Crippen molar-refractivity contribution >= 4 is 27.5 Å². The monoisotopic (exact) mass is 374 g/mol. The predicted octanol–water partition coefficient (Wildman–Crippen LogP) is 1.77. The van der Waals surface area contributed by atoms with Crippen LogP contribution in [0.15, 0.2) is 29.2 Å². The standard InChI is InChI=1S/C16H23ClN2O4S/c17-13-6-8-15(9-7-13)24(22,23)19(12-16(21)18-10-11-20)14-4-2-1-3-5-14/h6-9,14,20H,1-5,10-12H2,(H,18,21). The van der Waals surface area contributed by atoms with Crippen molar-refractivity contribution in [2.75, 3.05) is 19.7 Å². The zero-order valence-electron chi connectivity index (χ0n) is 13.4. The van der Waals surface area contributed by atoms with E-state index in [1.54, 1.807) is 0 Å². The Morgan fingerprint density at radius 2 is 1.83 bits per heavy atom. The first-order valence-corrected chi connectivity index (χ1v) is 9.92. The third kappa shape index (κ3) is 4.92. The van der Waals surface area contributed by atoms with Gasteiger partial charge in [-0.1, -0.05) is 30.9 Å². The number of nitrogens with one attached hydrogen (secondary N) is 1. The number of amides is 1. The van der Waals surface area contributed by atoms with Gasteiger partial charge in [0.05, 0.1) is 18.0 Å². The summed E-state index contributed by atoms with van der Waals surface area (Å²) in [5.74, 6) is -0.410. The molecular formula is C16H23ClN2O4S. The Hall–Kier alpha value is -1.15. The van der Waals surface area contributed by atoms with Gasteiger partial charge in [-0.25, -0.2) is 8.42 Å². The number of sulfonamides is 1. The van der Waals surface area contributed by atoms with Crippen molar-refractivity contribution in [3.05, 3.63) is 29.3 Å². The Morgan fingerprint density at radius 3 is 2.42 bits per heavy atom. The number of carbonyl (C=O) groups is 1. The molecule has 0 atom stereocenters. The van der Waals surface area contributed by atoms with Crippen LogP contribution in [0.5, 0.6) is 0 Å². The minimum Gasteiger partial charge on any atom is -0.395 e. The average molecular weight is 375 g/mol. The molecule has 0 heterocycles. The van der Waals surface area contributed by atoms with Crippen LogP contribution in [0.25, 0.3) is 0 Å². The van der Waals surface area contributed by atoms with Gasteiger partial charge in [0.25, 0.3) is 0 Å². The van der Waals surface area contributed by atoms with Gasteiger partial charge in [0.1, 0.15) is 0 Å². The molecule has 6 nitrogen and oxygen atoms in total. The summed E-state index contributed by atoms with van der Waals surface area (Å²) in [6, 6.07) is 5.79. The van der Waals surface area contributed by atoms with Crippen LogP contribution in [-0.2, 0) is 14.8 Å². The van der Waals surface area contributed by atoms with Crippen LogP contribution >= 0.6 is 11.6 Å². The summed E-state index contributed by atoms with van der Waals surface area (Å²) >= 11 is 5.84. The van der Waals surface area contributed by atoms with E-state index in [2.05, 4.69) is 5.32 Å². The molecule has 0 aromatic heterocycles. The number of hydrogen-bond donors (Lipinski definition) is 2. The fourth-order valence-electron chi connectivity index (χ4n) is 2.91. The summed E-state index contributed by atoms with van der Waals surface area (Å²) in [4.78, 5) is 12.2. The molecule has 0 unspecified atom stereocenters. The molecule has 1 aromatic carbocycles. The molecule has 1 amide bonds. The molecule has 0 spiro atoms. The van der Waals surface area contributed by atoms with Crippen molar-refractivity contribution in [3.8, 4) is 0 Å². The average Bonchev–Trinajstić information content (AvgIpc) is 2.59.